The van der Waals surface area contributed by atoms with E-state index in [0.29, 0.717) is 11.4 Å². The molecular weight excluding hydrogens is 208 g/mol. The van der Waals surface area contributed by atoms with E-state index >= 15 is 0 Å². The summed E-state index contributed by atoms with van der Waals surface area (Å²) in [7, 11) is 0. The molecule has 8 nitrogen and oxygen atoms in total. The second kappa shape index (κ2) is 5.53. The molecule has 0 saturated heterocycles. The van der Waals surface area contributed by atoms with Gasteiger partial charge in [0.25, 0.3) is 0 Å². The number of hydrazine groups is 2. The van der Waals surface area contributed by atoms with E-state index < -0.39 is 0 Å². The van der Waals surface area contributed by atoms with E-state index in [-0.39, 0.29) is 11.9 Å². The van der Waals surface area contributed by atoms with Crippen molar-refractivity contribution in [3.63, 3.8) is 0 Å². The second-order valence-electron chi connectivity index (χ2n) is 2.80. The van der Waals surface area contributed by atoms with Crippen LogP contribution in [0.15, 0.2) is 34.3 Å². The van der Waals surface area contributed by atoms with Gasteiger partial charge < -0.3 is 11.5 Å². The average molecular weight is 222 g/mol. The minimum atomic E-state index is 0.124. The molecule has 0 amide bonds. The fourth-order valence-corrected chi connectivity index (χ4v) is 0.944. The molecule has 0 spiro atoms. The molecule has 0 unspecified atom stereocenters. The van der Waals surface area contributed by atoms with Crippen molar-refractivity contribution >= 4 is 23.3 Å². The highest BCUT2D eigenvalue weighted by Gasteiger charge is 1.94. The predicted molar refractivity (Wildman–Crippen MR) is 63.7 cm³/mol. The van der Waals surface area contributed by atoms with Crippen LogP contribution < -0.4 is 34.0 Å². The summed E-state index contributed by atoms with van der Waals surface area (Å²) < 4.78 is 0. The molecule has 1 aromatic carbocycles. The van der Waals surface area contributed by atoms with Gasteiger partial charge in [0.05, 0.1) is 11.4 Å². The van der Waals surface area contributed by atoms with Crippen molar-refractivity contribution in [1.82, 2.24) is 10.9 Å². The Morgan fingerprint density at radius 1 is 0.812 bits per heavy atom. The molecule has 0 fully saturated rings. The van der Waals surface area contributed by atoms with Gasteiger partial charge in [0, 0.05) is 0 Å². The van der Waals surface area contributed by atoms with Crippen LogP contribution in [-0.2, 0) is 0 Å². The minimum absolute atomic E-state index is 0.124. The number of benzene rings is 1. The molecule has 0 aliphatic rings. The van der Waals surface area contributed by atoms with Crippen LogP contribution >= 0.6 is 0 Å². The van der Waals surface area contributed by atoms with Crippen molar-refractivity contribution in [1.29, 1.82) is 0 Å². The molecule has 0 aliphatic heterocycles. The topological polar surface area (TPSA) is 153 Å². The fourth-order valence-electron chi connectivity index (χ4n) is 0.944. The summed E-state index contributed by atoms with van der Waals surface area (Å²) in [5.74, 6) is 10.4. The van der Waals surface area contributed by atoms with Crippen LogP contribution in [0.2, 0.25) is 0 Å². The van der Waals surface area contributed by atoms with Gasteiger partial charge in [-0.05, 0) is 24.3 Å². The highest BCUT2D eigenvalue weighted by atomic mass is 15.3. The van der Waals surface area contributed by atoms with Gasteiger partial charge in [0.15, 0.2) is 0 Å². The molecule has 1 rings (SSSR count). The number of guanidine groups is 2. The van der Waals surface area contributed by atoms with Gasteiger partial charge in [0.2, 0.25) is 11.9 Å². The minimum Gasteiger partial charge on any atom is -0.369 e. The van der Waals surface area contributed by atoms with Gasteiger partial charge in [-0.15, -0.1) is 0 Å². The molecule has 0 bridgehead atoms. The Hall–Kier alpha value is -2.32. The maximum absolute atomic E-state index is 5.39. The van der Waals surface area contributed by atoms with E-state index in [1.165, 1.54) is 0 Å². The molecule has 0 heterocycles. The summed E-state index contributed by atoms with van der Waals surface area (Å²) in [6.07, 6.45) is 0. The van der Waals surface area contributed by atoms with E-state index in [0.717, 1.165) is 0 Å². The highest BCUT2D eigenvalue weighted by molar-refractivity contribution is 5.81. The molecular formula is C8H14N8. The van der Waals surface area contributed by atoms with Crippen molar-refractivity contribution in [2.45, 2.75) is 0 Å². The van der Waals surface area contributed by atoms with Gasteiger partial charge in [-0.3, -0.25) is 10.9 Å². The molecule has 86 valence electrons. The second-order valence-corrected chi connectivity index (χ2v) is 2.80. The average Bonchev–Trinajstić information content (AvgIpc) is 2.31. The lowest BCUT2D eigenvalue weighted by molar-refractivity contribution is 1.01. The highest BCUT2D eigenvalue weighted by Crippen LogP contribution is 2.17. The third kappa shape index (κ3) is 3.44. The van der Waals surface area contributed by atoms with Crippen LogP contribution in [-0.4, -0.2) is 11.9 Å². The van der Waals surface area contributed by atoms with E-state index in [2.05, 4.69) is 20.8 Å². The maximum atomic E-state index is 5.39. The van der Waals surface area contributed by atoms with Crippen LogP contribution in [0.1, 0.15) is 0 Å². The molecule has 10 N–H and O–H groups in total. The van der Waals surface area contributed by atoms with E-state index in [9.17, 15) is 0 Å². The molecule has 1 aromatic rings. The van der Waals surface area contributed by atoms with Crippen LogP contribution in [0.25, 0.3) is 0 Å². The molecule has 0 aliphatic carbocycles. The first kappa shape index (κ1) is 11.8. The lowest BCUT2D eigenvalue weighted by atomic mass is 10.3. The monoisotopic (exact) mass is 222 g/mol. The number of rotatable bonds is 2. The predicted octanol–water partition coefficient (Wildman–Crippen LogP) is -1.49. The van der Waals surface area contributed by atoms with Crippen molar-refractivity contribution in [2.75, 3.05) is 0 Å². The van der Waals surface area contributed by atoms with Crippen LogP contribution in [0.3, 0.4) is 0 Å². The lowest BCUT2D eigenvalue weighted by Crippen LogP contribution is -2.36. The molecule has 0 aromatic heterocycles. The number of hydrogen-bond donors (Lipinski definition) is 6. The summed E-state index contributed by atoms with van der Waals surface area (Å²) in [4.78, 5) is 7.91. The SMILES string of the molecule is NNC(N)=Nc1ccc(N=C(N)NN)cc1. The number of nitrogens with one attached hydrogen (secondary N) is 2. The first-order chi connectivity index (χ1) is 7.65. The number of nitrogens with zero attached hydrogens (tertiary/aromatic N) is 2. The standard InChI is InChI=1S/C8H14N8/c9-7(15-11)13-5-1-2-6(4-3-5)14-8(10)16-12/h1-4H,11-12H2,(H3,9,13,15)(H3,10,14,16). The molecule has 0 atom stereocenters. The van der Waals surface area contributed by atoms with Crippen molar-refractivity contribution in [2.24, 2.45) is 33.1 Å². The number of nitrogens with two attached hydrogens (primary N) is 4. The van der Waals surface area contributed by atoms with Crippen molar-refractivity contribution in [3.8, 4) is 0 Å². The smallest absolute Gasteiger partial charge is 0.208 e. The Morgan fingerprint density at radius 3 is 1.38 bits per heavy atom. The summed E-state index contributed by atoms with van der Waals surface area (Å²) in [5.41, 5.74) is 16.5. The first-order valence-corrected chi connectivity index (χ1v) is 4.37. The Kier molecular flexibility index (Phi) is 4.07. The summed E-state index contributed by atoms with van der Waals surface area (Å²) in [6, 6.07) is 6.86. The summed E-state index contributed by atoms with van der Waals surface area (Å²) >= 11 is 0. The Balaban J connectivity index is 2.83. The zero-order chi connectivity index (χ0) is 12.0. The zero-order valence-corrected chi connectivity index (χ0v) is 8.51. The Bertz CT molecular complexity index is 354. The van der Waals surface area contributed by atoms with Gasteiger partial charge in [-0.2, -0.15) is 0 Å². The number of hydrogen-bond acceptors (Lipinski definition) is 4. The Labute approximate surface area is 92.4 Å². The van der Waals surface area contributed by atoms with E-state index in [4.69, 9.17) is 23.2 Å². The third-order valence-electron chi connectivity index (χ3n) is 1.64. The van der Waals surface area contributed by atoms with Crippen LogP contribution in [0.5, 0.6) is 0 Å². The fraction of sp³-hybridized carbons (Fsp3) is 0. The largest absolute Gasteiger partial charge is 0.369 e. The van der Waals surface area contributed by atoms with Gasteiger partial charge in [-0.25, -0.2) is 21.7 Å². The van der Waals surface area contributed by atoms with Gasteiger partial charge in [0.1, 0.15) is 0 Å². The van der Waals surface area contributed by atoms with E-state index in [1.807, 2.05) is 0 Å². The lowest BCUT2D eigenvalue weighted by Gasteiger charge is -2.00. The van der Waals surface area contributed by atoms with Crippen LogP contribution in [0, 0.1) is 0 Å². The Morgan fingerprint density at radius 2 is 1.12 bits per heavy atom. The van der Waals surface area contributed by atoms with Crippen molar-refractivity contribution < 1.29 is 0 Å². The zero-order valence-electron chi connectivity index (χ0n) is 8.51. The molecule has 8 heteroatoms. The normalized spacial score (nSPS) is 12.4. The van der Waals surface area contributed by atoms with Crippen LogP contribution in [0.4, 0.5) is 11.4 Å². The quantitative estimate of drug-likeness (QED) is 0.155. The summed E-state index contributed by atoms with van der Waals surface area (Å²) in [5, 5.41) is 0. The maximum Gasteiger partial charge on any atom is 0.208 e. The first-order valence-electron chi connectivity index (χ1n) is 4.37. The number of aliphatic imine (C=N–C) groups is 2. The van der Waals surface area contributed by atoms with E-state index in [1.54, 1.807) is 24.3 Å². The summed E-state index contributed by atoms with van der Waals surface area (Å²) in [6.45, 7) is 0. The van der Waals surface area contributed by atoms with Crippen molar-refractivity contribution in [3.05, 3.63) is 24.3 Å². The van der Waals surface area contributed by atoms with Gasteiger partial charge in [-0.1, -0.05) is 0 Å². The molecule has 0 radical (unpaired) electrons. The van der Waals surface area contributed by atoms with Gasteiger partial charge >= 0.3 is 0 Å². The molecule has 16 heavy (non-hydrogen) atoms. The third-order valence-corrected chi connectivity index (χ3v) is 1.64. The molecule has 0 saturated carbocycles.